The second kappa shape index (κ2) is 8.15. The van der Waals surface area contributed by atoms with E-state index in [1.165, 1.54) is 0 Å². The summed E-state index contributed by atoms with van der Waals surface area (Å²) in [6, 6.07) is 0.0925. The average molecular weight is 271 g/mol. The molecule has 1 aliphatic heterocycles. The van der Waals surface area contributed by atoms with Crippen molar-refractivity contribution < 1.29 is 19.4 Å². The Kier molecular flexibility index (Phi) is 6.84. The molecule has 1 fully saturated rings. The van der Waals surface area contributed by atoms with Crippen molar-refractivity contribution in [3.05, 3.63) is 0 Å². The lowest BCUT2D eigenvalue weighted by atomic mass is 10.0. The molecule has 1 saturated heterocycles. The van der Waals surface area contributed by atoms with Gasteiger partial charge in [-0.3, -0.25) is 9.59 Å². The fraction of sp³-hybridized carbons (Fsp3) is 0.857. The predicted molar refractivity (Wildman–Crippen MR) is 71.8 cm³/mol. The van der Waals surface area contributed by atoms with E-state index >= 15 is 0 Å². The van der Waals surface area contributed by atoms with Gasteiger partial charge in [-0.25, -0.2) is 0 Å². The number of hydrogen-bond acceptors (Lipinski definition) is 3. The minimum atomic E-state index is -0.755. The molecule has 1 aliphatic rings. The maximum absolute atomic E-state index is 11.7. The van der Waals surface area contributed by atoms with Crippen LogP contribution in [0.25, 0.3) is 0 Å². The molecule has 1 heterocycles. The molecule has 5 heteroatoms. The summed E-state index contributed by atoms with van der Waals surface area (Å²) in [4.78, 5) is 22.4. The van der Waals surface area contributed by atoms with Crippen molar-refractivity contribution in [1.29, 1.82) is 0 Å². The molecule has 0 aromatic rings. The lowest BCUT2D eigenvalue weighted by Gasteiger charge is -2.16. The van der Waals surface area contributed by atoms with Crippen molar-refractivity contribution in [2.75, 3.05) is 6.61 Å². The molecule has 110 valence electrons. The third kappa shape index (κ3) is 6.57. The minimum Gasteiger partial charge on any atom is -0.481 e. The van der Waals surface area contributed by atoms with Crippen molar-refractivity contribution in [2.45, 2.75) is 64.5 Å². The molecule has 0 bridgehead atoms. The summed E-state index contributed by atoms with van der Waals surface area (Å²) in [6.45, 7) is 4.43. The Balaban J connectivity index is 2.10. The molecule has 3 unspecified atom stereocenters. The molecule has 0 saturated carbocycles. The van der Waals surface area contributed by atoms with Gasteiger partial charge in [0.15, 0.2) is 0 Å². The van der Waals surface area contributed by atoms with E-state index in [-0.39, 0.29) is 24.0 Å². The Morgan fingerprint density at radius 1 is 1.37 bits per heavy atom. The highest BCUT2D eigenvalue weighted by Crippen LogP contribution is 2.15. The molecular weight excluding hydrogens is 246 g/mol. The quantitative estimate of drug-likeness (QED) is 0.707. The molecule has 1 rings (SSSR count). The fourth-order valence-corrected chi connectivity index (χ4v) is 2.27. The molecule has 0 aliphatic carbocycles. The van der Waals surface area contributed by atoms with Gasteiger partial charge >= 0.3 is 5.97 Å². The molecule has 3 atom stereocenters. The number of ether oxygens (including phenoxy) is 1. The number of carboxylic acids is 1. The molecule has 0 radical (unpaired) electrons. The predicted octanol–water partition coefficient (Wildman–Crippen LogP) is 1.95. The first-order chi connectivity index (χ1) is 8.99. The highest BCUT2D eigenvalue weighted by molar-refractivity contribution is 5.76. The molecule has 1 amide bonds. The summed E-state index contributed by atoms with van der Waals surface area (Å²) < 4.78 is 5.42. The van der Waals surface area contributed by atoms with Crippen LogP contribution in [0, 0.1) is 5.92 Å². The van der Waals surface area contributed by atoms with Gasteiger partial charge in [0.2, 0.25) is 5.91 Å². The molecule has 0 aromatic carbocycles. The second-order valence-corrected chi connectivity index (χ2v) is 5.48. The molecule has 2 N–H and O–H groups in total. The van der Waals surface area contributed by atoms with Crippen LogP contribution in [0.4, 0.5) is 0 Å². The normalized spacial score (nSPS) is 21.9. The van der Waals surface area contributed by atoms with Crippen molar-refractivity contribution in [3.8, 4) is 0 Å². The standard InChI is InChI=1S/C14H25NO4/c1-10(14(17)18)5-3-6-11(2)15-13(16)9-12-7-4-8-19-12/h10-12H,3-9H2,1-2H3,(H,15,16)(H,17,18). The highest BCUT2D eigenvalue weighted by atomic mass is 16.5. The van der Waals surface area contributed by atoms with E-state index in [0.717, 1.165) is 32.3 Å². The molecule has 5 nitrogen and oxygen atoms in total. The number of carbonyl (C=O) groups is 2. The first kappa shape index (κ1) is 16.0. The topological polar surface area (TPSA) is 75.6 Å². The van der Waals surface area contributed by atoms with Crippen LogP contribution in [-0.4, -0.2) is 35.7 Å². The average Bonchev–Trinajstić information content (AvgIpc) is 2.81. The maximum atomic E-state index is 11.7. The maximum Gasteiger partial charge on any atom is 0.306 e. The summed E-state index contributed by atoms with van der Waals surface area (Å²) in [6.07, 6.45) is 4.82. The Morgan fingerprint density at radius 3 is 2.68 bits per heavy atom. The van der Waals surface area contributed by atoms with Crippen molar-refractivity contribution >= 4 is 11.9 Å². The van der Waals surface area contributed by atoms with E-state index in [9.17, 15) is 9.59 Å². The summed E-state index contributed by atoms with van der Waals surface area (Å²) >= 11 is 0. The van der Waals surface area contributed by atoms with Gasteiger partial charge in [-0.15, -0.1) is 0 Å². The van der Waals surface area contributed by atoms with Crippen LogP contribution in [0.3, 0.4) is 0 Å². The summed E-state index contributed by atoms with van der Waals surface area (Å²) in [5, 5.41) is 11.7. The lowest BCUT2D eigenvalue weighted by molar-refractivity contribution is -0.141. The van der Waals surface area contributed by atoms with E-state index in [4.69, 9.17) is 9.84 Å². The van der Waals surface area contributed by atoms with Gasteiger partial charge in [-0.2, -0.15) is 0 Å². The summed E-state index contributed by atoms with van der Waals surface area (Å²) in [7, 11) is 0. The van der Waals surface area contributed by atoms with Gasteiger partial charge in [0.05, 0.1) is 18.4 Å². The van der Waals surface area contributed by atoms with Crippen molar-refractivity contribution in [2.24, 2.45) is 5.92 Å². The number of carboxylic acid groups (broad SMARTS) is 1. The monoisotopic (exact) mass is 271 g/mol. The Bertz CT molecular complexity index is 300. The largest absolute Gasteiger partial charge is 0.481 e. The van der Waals surface area contributed by atoms with Crippen LogP contribution in [0.1, 0.15) is 52.4 Å². The third-order valence-corrected chi connectivity index (χ3v) is 3.54. The Hall–Kier alpha value is -1.10. The van der Waals surface area contributed by atoms with Crippen molar-refractivity contribution in [1.82, 2.24) is 5.32 Å². The van der Waals surface area contributed by atoms with E-state index in [2.05, 4.69) is 5.32 Å². The minimum absolute atomic E-state index is 0.0330. The number of rotatable bonds is 8. The molecule has 19 heavy (non-hydrogen) atoms. The summed E-state index contributed by atoms with van der Waals surface area (Å²) in [5.74, 6) is -1.03. The van der Waals surface area contributed by atoms with Crippen LogP contribution in [0.15, 0.2) is 0 Å². The van der Waals surface area contributed by atoms with E-state index in [0.29, 0.717) is 12.8 Å². The first-order valence-corrected chi connectivity index (χ1v) is 7.12. The highest BCUT2D eigenvalue weighted by Gasteiger charge is 2.20. The number of aliphatic carboxylic acids is 1. The number of carbonyl (C=O) groups excluding carboxylic acids is 1. The van der Waals surface area contributed by atoms with Crippen LogP contribution >= 0.6 is 0 Å². The smallest absolute Gasteiger partial charge is 0.306 e. The van der Waals surface area contributed by atoms with Gasteiger partial charge in [0.1, 0.15) is 0 Å². The Morgan fingerprint density at radius 2 is 2.11 bits per heavy atom. The van der Waals surface area contributed by atoms with Gasteiger partial charge in [0.25, 0.3) is 0 Å². The van der Waals surface area contributed by atoms with E-state index in [1.807, 2.05) is 6.92 Å². The number of hydrogen-bond donors (Lipinski definition) is 2. The van der Waals surface area contributed by atoms with Crippen molar-refractivity contribution in [3.63, 3.8) is 0 Å². The van der Waals surface area contributed by atoms with Gasteiger partial charge in [-0.1, -0.05) is 13.3 Å². The zero-order valence-corrected chi connectivity index (χ0v) is 11.9. The lowest BCUT2D eigenvalue weighted by Crippen LogP contribution is -2.34. The SMILES string of the molecule is CC(CCCC(C)C(=O)O)NC(=O)CC1CCCO1. The zero-order valence-electron chi connectivity index (χ0n) is 11.9. The van der Waals surface area contributed by atoms with Crippen LogP contribution in [0.2, 0.25) is 0 Å². The number of nitrogens with one attached hydrogen (secondary N) is 1. The van der Waals surface area contributed by atoms with Crippen LogP contribution in [0.5, 0.6) is 0 Å². The third-order valence-electron chi connectivity index (χ3n) is 3.54. The van der Waals surface area contributed by atoms with E-state index < -0.39 is 5.97 Å². The molecule has 0 aromatic heterocycles. The van der Waals surface area contributed by atoms with Gasteiger partial charge in [-0.05, 0) is 32.6 Å². The van der Waals surface area contributed by atoms with Crippen LogP contribution < -0.4 is 5.32 Å². The molecular formula is C14H25NO4. The van der Waals surface area contributed by atoms with Gasteiger partial charge < -0.3 is 15.2 Å². The molecule has 0 spiro atoms. The summed E-state index contributed by atoms with van der Waals surface area (Å²) in [5.41, 5.74) is 0. The second-order valence-electron chi connectivity index (χ2n) is 5.48. The number of amides is 1. The van der Waals surface area contributed by atoms with E-state index in [1.54, 1.807) is 6.92 Å². The zero-order chi connectivity index (χ0) is 14.3. The first-order valence-electron chi connectivity index (χ1n) is 7.12. The Labute approximate surface area is 114 Å². The fourth-order valence-electron chi connectivity index (χ4n) is 2.27. The van der Waals surface area contributed by atoms with Gasteiger partial charge in [0, 0.05) is 12.6 Å². The van der Waals surface area contributed by atoms with Crippen LogP contribution in [-0.2, 0) is 14.3 Å².